The van der Waals surface area contributed by atoms with Gasteiger partial charge < -0.3 is 5.32 Å². The molecule has 0 aliphatic heterocycles. The van der Waals surface area contributed by atoms with E-state index in [4.69, 9.17) is 0 Å². The topological polar surface area (TPSA) is 29.1 Å². The average molecular weight is 306 g/mol. The number of hydrogen-bond acceptors (Lipinski definition) is 1. The summed E-state index contributed by atoms with van der Waals surface area (Å²) in [6, 6.07) is 3.23. The molecule has 0 aliphatic carbocycles. The van der Waals surface area contributed by atoms with Crippen LogP contribution in [0.2, 0.25) is 0 Å². The highest BCUT2D eigenvalue weighted by molar-refractivity contribution is 9.09. The number of benzene rings is 1. The quantitative estimate of drug-likeness (QED) is 0.635. The molecule has 94 valence electrons. The number of alkyl halides is 1. The number of unbranched alkanes of at least 4 members (excludes halogenated alkanes) is 1. The first-order valence-electron chi connectivity index (χ1n) is 5.40. The summed E-state index contributed by atoms with van der Waals surface area (Å²) in [5, 5.41) is 3.59. The molecule has 1 N–H and O–H groups in total. The molecule has 0 heterocycles. The van der Waals surface area contributed by atoms with E-state index >= 15 is 0 Å². The van der Waals surface area contributed by atoms with Crippen molar-refractivity contribution in [2.75, 3.05) is 11.9 Å². The molecule has 0 aromatic heterocycles. The largest absolute Gasteiger partial charge is 0.356 e. The molecule has 0 aliphatic rings. The summed E-state index contributed by atoms with van der Waals surface area (Å²) in [6.45, 7) is 0.577. The molecule has 0 bridgehead atoms. The third-order valence-electron chi connectivity index (χ3n) is 2.25. The van der Waals surface area contributed by atoms with Gasteiger partial charge in [0.1, 0.15) is 11.6 Å². The van der Waals surface area contributed by atoms with E-state index in [2.05, 4.69) is 21.2 Å². The van der Waals surface area contributed by atoms with E-state index in [0.717, 1.165) is 30.3 Å². The van der Waals surface area contributed by atoms with E-state index in [1.54, 1.807) is 0 Å². The van der Waals surface area contributed by atoms with Crippen LogP contribution in [0, 0.1) is 11.6 Å². The van der Waals surface area contributed by atoms with Gasteiger partial charge in [0.15, 0.2) is 0 Å². The Labute approximate surface area is 108 Å². The second-order valence-corrected chi connectivity index (χ2v) is 4.45. The van der Waals surface area contributed by atoms with Crippen molar-refractivity contribution < 1.29 is 13.6 Å². The Kier molecular flexibility index (Phi) is 6.11. The summed E-state index contributed by atoms with van der Waals surface area (Å²) in [7, 11) is 0. The van der Waals surface area contributed by atoms with Gasteiger partial charge in [-0.3, -0.25) is 4.79 Å². The molecule has 1 amide bonds. The minimum atomic E-state index is -0.680. The molecule has 5 heteroatoms. The fourth-order valence-electron chi connectivity index (χ4n) is 1.35. The van der Waals surface area contributed by atoms with Crippen molar-refractivity contribution in [1.29, 1.82) is 0 Å². The number of amides is 1. The predicted molar refractivity (Wildman–Crippen MR) is 66.1 cm³/mol. The lowest BCUT2D eigenvalue weighted by Gasteiger charge is -2.05. The van der Waals surface area contributed by atoms with Crippen LogP contribution in [0.1, 0.15) is 18.4 Å². The van der Waals surface area contributed by atoms with Gasteiger partial charge in [0.05, 0.1) is 6.42 Å². The second kappa shape index (κ2) is 7.37. The molecule has 0 radical (unpaired) electrons. The molecule has 1 rings (SSSR count). The smallest absolute Gasteiger partial charge is 0.224 e. The Morgan fingerprint density at radius 3 is 2.71 bits per heavy atom. The maximum Gasteiger partial charge on any atom is 0.224 e. The van der Waals surface area contributed by atoms with Crippen LogP contribution in [-0.2, 0) is 11.2 Å². The van der Waals surface area contributed by atoms with Crippen LogP contribution in [0.25, 0.3) is 0 Å². The molecular formula is C12H14BrF2NO. The zero-order chi connectivity index (χ0) is 12.7. The molecular weight excluding hydrogens is 292 g/mol. The lowest BCUT2D eigenvalue weighted by molar-refractivity contribution is -0.120. The van der Waals surface area contributed by atoms with Gasteiger partial charge in [-0.25, -0.2) is 8.78 Å². The molecule has 17 heavy (non-hydrogen) atoms. The van der Waals surface area contributed by atoms with Crippen LogP contribution in [0.5, 0.6) is 0 Å². The third kappa shape index (κ3) is 5.26. The predicted octanol–water partition coefficient (Wildman–Crippen LogP) is 2.80. The van der Waals surface area contributed by atoms with Crippen molar-refractivity contribution in [2.24, 2.45) is 0 Å². The average Bonchev–Trinajstić information content (AvgIpc) is 2.28. The van der Waals surface area contributed by atoms with Crippen LogP contribution in [0.3, 0.4) is 0 Å². The number of nitrogens with one attached hydrogen (secondary N) is 1. The van der Waals surface area contributed by atoms with E-state index in [1.807, 2.05) is 0 Å². The van der Waals surface area contributed by atoms with Gasteiger partial charge in [0, 0.05) is 17.9 Å². The standard InChI is InChI=1S/C12H14BrF2NO/c13-5-1-2-6-16-12(17)7-9-3-4-10(14)8-11(9)15/h3-4,8H,1-2,5-7H2,(H,16,17). The minimum Gasteiger partial charge on any atom is -0.356 e. The van der Waals surface area contributed by atoms with Gasteiger partial charge in [0.25, 0.3) is 0 Å². The van der Waals surface area contributed by atoms with E-state index in [1.165, 1.54) is 6.07 Å². The summed E-state index contributed by atoms with van der Waals surface area (Å²) in [6.07, 6.45) is 1.80. The Morgan fingerprint density at radius 2 is 2.06 bits per heavy atom. The molecule has 0 spiro atoms. The van der Waals surface area contributed by atoms with Crippen LogP contribution in [-0.4, -0.2) is 17.8 Å². The SMILES string of the molecule is O=C(Cc1ccc(F)cc1F)NCCCCBr. The van der Waals surface area contributed by atoms with E-state index < -0.39 is 11.6 Å². The third-order valence-corrected chi connectivity index (χ3v) is 2.81. The first-order chi connectivity index (χ1) is 8.13. The van der Waals surface area contributed by atoms with Crippen molar-refractivity contribution in [3.8, 4) is 0 Å². The van der Waals surface area contributed by atoms with Crippen LogP contribution < -0.4 is 5.32 Å². The Morgan fingerprint density at radius 1 is 1.29 bits per heavy atom. The lowest BCUT2D eigenvalue weighted by Crippen LogP contribution is -2.26. The molecule has 0 unspecified atom stereocenters. The zero-order valence-corrected chi connectivity index (χ0v) is 10.9. The number of carbonyl (C=O) groups is 1. The van der Waals surface area contributed by atoms with Crippen molar-refractivity contribution in [1.82, 2.24) is 5.32 Å². The summed E-state index contributed by atoms with van der Waals surface area (Å²) in [5.41, 5.74) is 0.212. The maximum atomic E-state index is 13.2. The summed E-state index contributed by atoms with van der Waals surface area (Å²) in [4.78, 5) is 11.4. The molecule has 0 fully saturated rings. The van der Waals surface area contributed by atoms with Gasteiger partial charge in [-0.2, -0.15) is 0 Å². The highest BCUT2D eigenvalue weighted by Gasteiger charge is 2.08. The minimum absolute atomic E-state index is 0.0551. The Balaban J connectivity index is 2.40. The number of hydrogen-bond donors (Lipinski definition) is 1. The van der Waals surface area contributed by atoms with Crippen molar-refractivity contribution in [3.05, 3.63) is 35.4 Å². The highest BCUT2D eigenvalue weighted by Crippen LogP contribution is 2.09. The molecule has 2 nitrogen and oxygen atoms in total. The van der Waals surface area contributed by atoms with E-state index in [-0.39, 0.29) is 17.9 Å². The van der Waals surface area contributed by atoms with Crippen molar-refractivity contribution in [2.45, 2.75) is 19.3 Å². The summed E-state index contributed by atoms with van der Waals surface area (Å²) < 4.78 is 25.9. The van der Waals surface area contributed by atoms with Crippen molar-refractivity contribution >= 4 is 21.8 Å². The van der Waals surface area contributed by atoms with Gasteiger partial charge in [0.2, 0.25) is 5.91 Å². The first kappa shape index (κ1) is 14.1. The Hall–Kier alpha value is -0.970. The fourth-order valence-corrected chi connectivity index (χ4v) is 1.74. The normalized spacial score (nSPS) is 10.3. The summed E-state index contributed by atoms with van der Waals surface area (Å²) in [5.74, 6) is -1.56. The molecule has 1 aromatic carbocycles. The highest BCUT2D eigenvalue weighted by atomic mass is 79.9. The summed E-state index contributed by atoms with van der Waals surface area (Å²) >= 11 is 3.29. The molecule has 0 saturated heterocycles. The van der Waals surface area contributed by atoms with Crippen molar-refractivity contribution in [3.63, 3.8) is 0 Å². The molecule has 0 saturated carbocycles. The van der Waals surface area contributed by atoms with E-state index in [0.29, 0.717) is 6.54 Å². The maximum absolute atomic E-state index is 13.2. The first-order valence-corrected chi connectivity index (χ1v) is 6.52. The number of rotatable bonds is 6. The van der Waals surface area contributed by atoms with Crippen LogP contribution >= 0.6 is 15.9 Å². The monoisotopic (exact) mass is 305 g/mol. The van der Waals surface area contributed by atoms with Gasteiger partial charge in [-0.05, 0) is 24.5 Å². The van der Waals surface area contributed by atoms with Gasteiger partial charge >= 0.3 is 0 Å². The fraction of sp³-hybridized carbons (Fsp3) is 0.417. The second-order valence-electron chi connectivity index (χ2n) is 3.66. The van der Waals surface area contributed by atoms with Gasteiger partial charge in [-0.1, -0.05) is 22.0 Å². The van der Waals surface area contributed by atoms with Crippen LogP contribution in [0.4, 0.5) is 8.78 Å². The lowest BCUT2D eigenvalue weighted by atomic mass is 10.1. The molecule has 0 atom stereocenters. The number of carbonyl (C=O) groups excluding carboxylic acids is 1. The Bertz CT molecular complexity index is 385. The van der Waals surface area contributed by atoms with E-state index in [9.17, 15) is 13.6 Å². The zero-order valence-electron chi connectivity index (χ0n) is 9.31. The van der Waals surface area contributed by atoms with Gasteiger partial charge in [-0.15, -0.1) is 0 Å². The van der Waals surface area contributed by atoms with Crippen LogP contribution in [0.15, 0.2) is 18.2 Å². The number of halogens is 3. The molecule has 1 aromatic rings.